The van der Waals surface area contributed by atoms with E-state index in [-0.39, 0.29) is 0 Å². The minimum Gasteiger partial charge on any atom is -0.381 e. The number of rotatable bonds is 4. The monoisotopic (exact) mass is 226 g/mol. The molecule has 3 nitrogen and oxygen atoms in total. The molecule has 0 aliphatic carbocycles. The first-order valence-electron chi connectivity index (χ1n) is 5.47. The summed E-state index contributed by atoms with van der Waals surface area (Å²) in [6.07, 6.45) is 1.20. The molecule has 1 unspecified atom stereocenters. The Kier molecular flexibility index (Phi) is 3.72. The molecule has 84 valence electrons. The second kappa shape index (κ2) is 5.05. The third-order valence-electron chi connectivity index (χ3n) is 2.74. The van der Waals surface area contributed by atoms with E-state index in [2.05, 4.69) is 24.1 Å². The van der Waals surface area contributed by atoms with E-state index in [1.54, 1.807) is 11.3 Å². The molecule has 0 radical (unpaired) electrons. The van der Waals surface area contributed by atoms with E-state index in [9.17, 15) is 0 Å². The summed E-state index contributed by atoms with van der Waals surface area (Å²) < 4.78 is 5.34. The maximum Gasteiger partial charge on any atom is 0.0900 e. The van der Waals surface area contributed by atoms with E-state index in [4.69, 9.17) is 4.74 Å². The third kappa shape index (κ3) is 3.00. The normalized spacial score (nSPS) is 21.1. The molecule has 15 heavy (non-hydrogen) atoms. The molecule has 0 bridgehead atoms. The summed E-state index contributed by atoms with van der Waals surface area (Å²) in [7, 11) is 0. The lowest BCUT2D eigenvalue weighted by Crippen LogP contribution is -2.22. The van der Waals surface area contributed by atoms with Crippen molar-refractivity contribution in [2.45, 2.75) is 26.8 Å². The molecule has 2 rings (SSSR count). The first kappa shape index (κ1) is 11.0. The zero-order valence-electron chi connectivity index (χ0n) is 9.38. The summed E-state index contributed by atoms with van der Waals surface area (Å²) in [5.74, 6) is 0.708. The Bertz CT molecular complexity index is 318. The van der Waals surface area contributed by atoms with Crippen LogP contribution in [0, 0.1) is 19.8 Å². The van der Waals surface area contributed by atoms with Crippen LogP contribution in [0.3, 0.4) is 0 Å². The quantitative estimate of drug-likeness (QED) is 0.851. The molecule has 1 fully saturated rings. The number of aryl methyl sites for hydroxylation is 2. The molecule has 2 heterocycles. The van der Waals surface area contributed by atoms with Gasteiger partial charge in [0.1, 0.15) is 0 Å². The van der Waals surface area contributed by atoms with Crippen molar-refractivity contribution >= 4 is 11.3 Å². The Labute approximate surface area is 94.9 Å². The molecule has 0 aromatic carbocycles. The van der Waals surface area contributed by atoms with Gasteiger partial charge < -0.3 is 10.1 Å². The number of thiazole rings is 1. The second-order valence-electron chi connectivity index (χ2n) is 4.10. The van der Waals surface area contributed by atoms with Crippen molar-refractivity contribution in [1.29, 1.82) is 0 Å². The van der Waals surface area contributed by atoms with Crippen LogP contribution in [0.15, 0.2) is 0 Å². The topological polar surface area (TPSA) is 34.2 Å². The average molecular weight is 226 g/mol. The van der Waals surface area contributed by atoms with E-state index < -0.39 is 0 Å². The predicted octanol–water partition coefficient (Wildman–Crippen LogP) is 1.89. The number of nitrogens with one attached hydrogen (secondary N) is 1. The first-order valence-corrected chi connectivity index (χ1v) is 6.28. The van der Waals surface area contributed by atoms with Gasteiger partial charge in [0.2, 0.25) is 0 Å². The highest BCUT2D eigenvalue weighted by molar-refractivity contribution is 7.11. The molecule has 1 aliphatic rings. The molecule has 1 aromatic heterocycles. The first-order chi connectivity index (χ1) is 7.25. The van der Waals surface area contributed by atoms with Crippen molar-refractivity contribution in [3.05, 3.63) is 15.6 Å². The van der Waals surface area contributed by atoms with Gasteiger partial charge >= 0.3 is 0 Å². The maximum absolute atomic E-state index is 5.34. The Morgan fingerprint density at radius 3 is 3.00 bits per heavy atom. The van der Waals surface area contributed by atoms with Crippen LogP contribution in [-0.2, 0) is 11.3 Å². The Morgan fingerprint density at radius 2 is 2.40 bits per heavy atom. The van der Waals surface area contributed by atoms with Crippen molar-refractivity contribution in [3.8, 4) is 0 Å². The molecular weight excluding hydrogens is 208 g/mol. The van der Waals surface area contributed by atoms with Crippen LogP contribution in [-0.4, -0.2) is 24.7 Å². The number of hydrogen-bond donors (Lipinski definition) is 1. The Morgan fingerprint density at radius 1 is 1.53 bits per heavy atom. The fraction of sp³-hybridized carbons (Fsp3) is 0.727. The van der Waals surface area contributed by atoms with Crippen LogP contribution < -0.4 is 5.32 Å². The van der Waals surface area contributed by atoms with Crippen LogP contribution in [0.1, 0.15) is 22.0 Å². The molecule has 1 atom stereocenters. The second-order valence-corrected chi connectivity index (χ2v) is 5.39. The SMILES string of the molecule is Cc1nc(C)c(CNCC2CCOC2)s1. The van der Waals surface area contributed by atoms with Gasteiger partial charge in [-0.1, -0.05) is 0 Å². The summed E-state index contributed by atoms with van der Waals surface area (Å²) in [5.41, 5.74) is 1.17. The zero-order valence-corrected chi connectivity index (χ0v) is 10.2. The van der Waals surface area contributed by atoms with Gasteiger partial charge in [-0.3, -0.25) is 0 Å². The average Bonchev–Trinajstić information content (AvgIpc) is 2.77. The van der Waals surface area contributed by atoms with Crippen LogP contribution in [0.25, 0.3) is 0 Å². The maximum atomic E-state index is 5.34. The van der Waals surface area contributed by atoms with Crippen LogP contribution in [0.5, 0.6) is 0 Å². The molecule has 1 aromatic rings. The molecule has 0 spiro atoms. The molecule has 1 N–H and O–H groups in total. The van der Waals surface area contributed by atoms with Crippen molar-refractivity contribution < 1.29 is 4.74 Å². The largest absolute Gasteiger partial charge is 0.381 e. The van der Waals surface area contributed by atoms with Crippen LogP contribution >= 0.6 is 11.3 Å². The Balaban J connectivity index is 1.75. The van der Waals surface area contributed by atoms with Crippen molar-refractivity contribution in [1.82, 2.24) is 10.3 Å². The lowest BCUT2D eigenvalue weighted by molar-refractivity contribution is 0.185. The van der Waals surface area contributed by atoms with Gasteiger partial charge in [0.25, 0.3) is 0 Å². The minimum atomic E-state index is 0.708. The highest BCUT2D eigenvalue weighted by Gasteiger charge is 2.15. The highest BCUT2D eigenvalue weighted by Crippen LogP contribution is 2.17. The standard InChI is InChI=1S/C11H18N2OS/c1-8-11(15-9(2)13-8)6-12-5-10-3-4-14-7-10/h10,12H,3-7H2,1-2H3. The van der Waals surface area contributed by atoms with Crippen molar-refractivity contribution in [2.75, 3.05) is 19.8 Å². The fourth-order valence-electron chi connectivity index (χ4n) is 1.87. The van der Waals surface area contributed by atoms with Gasteiger partial charge in [0.05, 0.1) is 17.3 Å². The summed E-state index contributed by atoms with van der Waals surface area (Å²) >= 11 is 1.79. The smallest absolute Gasteiger partial charge is 0.0900 e. The fourth-order valence-corrected chi connectivity index (χ4v) is 2.78. The molecule has 1 aliphatic heterocycles. The van der Waals surface area contributed by atoms with Crippen LogP contribution in [0.4, 0.5) is 0 Å². The summed E-state index contributed by atoms with van der Waals surface area (Å²) in [6, 6.07) is 0. The highest BCUT2D eigenvalue weighted by atomic mass is 32.1. The number of hydrogen-bond acceptors (Lipinski definition) is 4. The van der Waals surface area contributed by atoms with Gasteiger partial charge in [0.15, 0.2) is 0 Å². The molecule has 1 saturated heterocycles. The lowest BCUT2D eigenvalue weighted by atomic mass is 10.1. The number of ether oxygens (including phenoxy) is 1. The van der Waals surface area contributed by atoms with Crippen LogP contribution in [0.2, 0.25) is 0 Å². The lowest BCUT2D eigenvalue weighted by Gasteiger charge is -2.08. The van der Waals surface area contributed by atoms with E-state index in [0.717, 1.165) is 31.3 Å². The summed E-state index contributed by atoms with van der Waals surface area (Å²) in [5, 5.41) is 4.65. The van der Waals surface area contributed by atoms with Crippen molar-refractivity contribution in [3.63, 3.8) is 0 Å². The summed E-state index contributed by atoms with van der Waals surface area (Å²) in [4.78, 5) is 5.78. The van der Waals surface area contributed by atoms with Gasteiger partial charge in [-0.15, -0.1) is 11.3 Å². The summed E-state index contributed by atoms with van der Waals surface area (Å²) in [6.45, 7) is 8.02. The van der Waals surface area contributed by atoms with Gasteiger partial charge in [0, 0.05) is 24.6 Å². The van der Waals surface area contributed by atoms with Crippen molar-refractivity contribution in [2.24, 2.45) is 5.92 Å². The molecular formula is C11H18N2OS. The van der Waals surface area contributed by atoms with E-state index in [1.165, 1.54) is 17.0 Å². The van der Waals surface area contributed by atoms with Gasteiger partial charge in [-0.05, 0) is 26.2 Å². The molecule has 0 saturated carbocycles. The van der Waals surface area contributed by atoms with Gasteiger partial charge in [-0.2, -0.15) is 0 Å². The predicted molar refractivity (Wildman–Crippen MR) is 62.2 cm³/mol. The number of nitrogens with zero attached hydrogens (tertiary/aromatic N) is 1. The van der Waals surface area contributed by atoms with E-state index in [1.807, 2.05) is 0 Å². The zero-order chi connectivity index (χ0) is 10.7. The molecule has 4 heteroatoms. The Hall–Kier alpha value is -0.450. The third-order valence-corrected chi connectivity index (χ3v) is 3.82. The minimum absolute atomic E-state index is 0.708. The molecule has 0 amide bonds. The number of aromatic nitrogens is 1. The van der Waals surface area contributed by atoms with E-state index in [0.29, 0.717) is 5.92 Å². The van der Waals surface area contributed by atoms with E-state index >= 15 is 0 Å². The van der Waals surface area contributed by atoms with Gasteiger partial charge in [-0.25, -0.2) is 4.98 Å².